The first-order valence-electron chi connectivity index (χ1n) is 8.51. The van der Waals surface area contributed by atoms with Crippen LogP contribution in [0.25, 0.3) is 0 Å². The van der Waals surface area contributed by atoms with Crippen LogP contribution in [0.4, 0.5) is 5.13 Å². The first-order chi connectivity index (χ1) is 13.6. The van der Waals surface area contributed by atoms with Crippen LogP contribution in [0.2, 0.25) is 15.1 Å². The highest BCUT2D eigenvalue weighted by atomic mass is 35.5. The van der Waals surface area contributed by atoms with Gasteiger partial charge in [-0.1, -0.05) is 52.2 Å². The summed E-state index contributed by atoms with van der Waals surface area (Å²) in [5.74, 6) is -0.107. The van der Waals surface area contributed by atoms with Gasteiger partial charge in [-0.15, -0.1) is 16.8 Å². The molecule has 0 fully saturated rings. The number of hydrogen-bond donors (Lipinski definition) is 1. The second-order valence-electron chi connectivity index (χ2n) is 5.83. The summed E-state index contributed by atoms with van der Waals surface area (Å²) in [6, 6.07) is 2.80. The van der Waals surface area contributed by atoms with E-state index in [1.165, 1.54) is 18.2 Å². The van der Waals surface area contributed by atoms with Crippen LogP contribution in [-0.4, -0.2) is 42.5 Å². The van der Waals surface area contributed by atoms with Crippen molar-refractivity contribution < 1.29 is 13.2 Å². The fraction of sp³-hybridized carbons (Fsp3) is 0.353. The fourth-order valence-electron chi connectivity index (χ4n) is 2.59. The second-order valence-corrected chi connectivity index (χ2v) is 9.95. The van der Waals surface area contributed by atoms with Gasteiger partial charge in [0.25, 0.3) is 0 Å². The zero-order valence-electron chi connectivity index (χ0n) is 15.7. The molecule has 0 saturated carbocycles. The van der Waals surface area contributed by atoms with Gasteiger partial charge in [0.05, 0.1) is 6.42 Å². The van der Waals surface area contributed by atoms with Crippen LogP contribution in [0.5, 0.6) is 0 Å². The lowest BCUT2D eigenvalue weighted by Crippen LogP contribution is -2.31. The number of benzene rings is 1. The minimum atomic E-state index is -4.04. The SMILES string of the molecule is C=CC(c1c(Cl)cc(Cl)cc1Cl)S(=O)(=O)Nc1nnc(CC(=O)N(CC)CC)s1. The number of anilines is 1. The van der Waals surface area contributed by atoms with E-state index in [2.05, 4.69) is 21.5 Å². The van der Waals surface area contributed by atoms with Gasteiger partial charge in [-0.05, 0) is 26.0 Å². The van der Waals surface area contributed by atoms with Gasteiger partial charge in [0.1, 0.15) is 10.3 Å². The third-order valence-electron chi connectivity index (χ3n) is 3.99. The lowest BCUT2D eigenvalue weighted by molar-refractivity contribution is -0.130. The average molecular weight is 498 g/mol. The highest BCUT2D eigenvalue weighted by Crippen LogP contribution is 2.38. The molecular weight excluding hydrogens is 479 g/mol. The van der Waals surface area contributed by atoms with Crippen molar-refractivity contribution in [2.75, 3.05) is 17.8 Å². The number of rotatable bonds is 9. The molecule has 0 radical (unpaired) electrons. The lowest BCUT2D eigenvalue weighted by Gasteiger charge is -2.17. The van der Waals surface area contributed by atoms with Crippen LogP contribution < -0.4 is 4.72 Å². The van der Waals surface area contributed by atoms with Crippen LogP contribution in [0, 0.1) is 0 Å². The van der Waals surface area contributed by atoms with Gasteiger partial charge >= 0.3 is 0 Å². The Morgan fingerprint density at radius 2 is 1.83 bits per heavy atom. The summed E-state index contributed by atoms with van der Waals surface area (Å²) in [6.07, 6.45) is 1.25. The highest BCUT2D eigenvalue weighted by molar-refractivity contribution is 7.93. The monoisotopic (exact) mass is 496 g/mol. The van der Waals surface area contributed by atoms with E-state index in [0.29, 0.717) is 18.1 Å². The number of carbonyl (C=O) groups is 1. The van der Waals surface area contributed by atoms with E-state index < -0.39 is 15.3 Å². The maximum Gasteiger partial charge on any atom is 0.245 e. The number of hydrogen-bond acceptors (Lipinski definition) is 6. The van der Waals surface area contributed by atoms with Gasteiger partial charge in [0.2, 0.25) is 21.1 Å². The van der Waals surface area contributed by atoms with E-state index in [0.717, 1.165) is 11.3 Å². The highest BCUT2D eigenvalue weighted by Gasteiger charge is 2.30. The summed E-state index contributed by atoms with van der Waals surface area (Å²) in [4.78, 5) is 13.8. The van der Waals surface area contributed by atoms with E-state index >= 15 is 0 Å². The fourth-order valence-corrected chi connectivity index (χ4v) is 6.10. The standard InChI is InChI=1S/C17H19Cl3N4O3S2/c1-4-13(16-11(19)7-10(18)8-12(16)20)29(26,27)23-17-22-21-14(28-17)9-15(25)24(5-2)6-3/h4,7-8,13H,1,5-6,9H2,2-3H3,(H,22,23). The number of nitrogens with one attached hydrogen (secondary N) is 1. The molecule has 0 aliphatic heterocycles. The molecule has 2 rings (SSSR count). The summed E-state index contributed by atoms with van der Waals surface area (Å²) in [6.45, 7) is 8.50. The molecule has 1 heterocycles. The Kier molecular flexibility index (Phi) is 8.30. The normalized spacial score (nSPS) is 12.4. The maximum atomic E-state index is 12.9. The number of halogens is 3. The molecule has 2 aromatic rings. The molecule has 1 atom stereocenters. The van der Waals surface area contributed by atoms with Crippen LogP contribution in [0.3, 0.4) is 0 Å². The Balaban J connectivity index is 2.24. The van der Waals surface area contributed by atoms with Crippen molar-refractivity contribution >= 4 is 67.2 Å². The molecule has 0 bridgehead atoms. The summed E-state index contributed by atoms with van der Waals surface area (Å²) in [7, 11) is -4.04. The Morgan fingerprint density at radius 3 is 2.34 bits per heavy atom. The molecule has 12 heteroatoms. The Bertz CT molecular complexity index is 984. The first-order valence-corrected chi connectivity index (χ1v) is 12.0. The summed E-state index contributed by atoms with van der Waals surface area (Å²) < 4.78 is 28.1. The van der Waals surface area contributed by atoms with Gasteiger partial charge in [0.15, 0.2) is 0 Å². The van der Waals surface area contributed by atoms with E-state index in [1.54, 1.807) is 4.90 Å². The quantitative estimate of drug-likeness (QED) is 0.512. The first kappa shape index (κ1) is 23.9. The van der Waals surface area contributed by atoms with Crippen molar-refractivity contribution in [1.82, 2.24) is 15.1 Å². The zero-order valence-corrected chi connectivity index (χ0v) is 19.6. The molecule has 158 valence electrons. The molecule has 1 aromatic heterocycles. The third-order valence-corrected chi connectivity index (χ3v) is 7.38. The average Bonchev–Trinajstić information content (AvgIpc) is 3.04. The number of likely N-dealkylation sites (N-methyl/N-ethyl adjacent to an activating group) is 1. The largest absolute Gasteiger partial charge is 0.343 e. The van der Waals surface area contributed by atoms with Crippen molar-refractivity contribution in [3.05, 3.63) is 50.4 Å². The van der Waals surface area contributed by atoms with Gasteiger partial charge in [-0.2, -0.15) is 0 Å². The Labute approximate surface area is 188 Å². The molecule has 29 heavy (non-hydrogen) atoms. The van der Waals surface area contributed by atoms with Gasteiger partial charge < -0.3 is 4.90 Å². The molecule has 1 amide bonds. The van der Waals surface area contributed by atoms with Crippen molar-refractivity contribution in [3.63, 3.8) is 0 Å². The second kappa shape index (κ2) is 10.1. The lowest BCUT2D eigenvalue weighted by atomic mass is 10.1. The summed E-state index contributed by atoms with van der Waals surface area (Å²) >= 11 is 19.2. The number of amides is 1. The summed E-state index contributed by atoms with van der Waals surface area (Å²) in [5.41, 5.74) is 0.154. The smallest absolute Gasteiger partial charge is 0.245 e. The van der Waals surface area contributed by atoms with Crippen molar-refractivity contribution in [2.45, 2.75) is 25.5 Å². The van der Waals surface area contributed by atoms with E-state index in [-0.39, 0.29) is 38.1 Å². The number of nitrogens with zero attached hydrogens (tertiary/aromatic N) is 3. The predicted molar refractivity (Wildman–Crippen MR) is 118 cm³/mol. The van der Waals surface area contributed by atoms with Crippen LogP contribution in [-0.2, 0) is 21.2 Å². The topological polar surface area (TPSA) is 92.3 Å². The molecule has 0 saturated heterocycles. The molecule has 1 aromatic carbocycles. The van der Waals surface area contributed by atoms with Crippen LogP contribution >= 0.6 is 46.1 Å². The Morgan fingerprint density at radius 1 is 1.24 bits per heavy atom. The van der Waals surface area contributed by atoms with Crippen LogP contribution in [0.15, 0.2) is 24.8 Å². The minimum Gasteiger partial charge on any atom is -0.343 e. The molecule has 0 aliphatic carbocycles. The number of aromatic nitrogens is 2. The molecule has 1 N–H and O–H groups in total. The molecule has 1 unspecified atom stereocenters. The van der Waals surface area contributed by atoms with Crippen molar-refractivity contribution in [1.29, 1.82) is 0 Å². The predicted octanol–water partition coefficient (Wildman–Crippen LogP) is 4.58. The Hall–Kier alpha value is -1.39. The molecular formula is C17H19Cl3N4O3S2. The number of sulfonamides is 1. The molecule has 0 spiro atoms. The van der Waals surface area contributed by atoms with E-state index in [4.69, 9.17) is 34.8 Å². The van der Waals surface area contributed by atoms with Gasteiger partial charge in [0, 0.05) is 33.7 Å². The zero-order chi connectivity index (χ0) is 21.8. The van der Waals surface area contributed by atoms with Crippen molar-refractivity contribution in [2.24, 2.45) is 0 Å². The minimum absolute atomic E-state index is 0.0282. The van der Waals surface area contributed by atoms with Gasteiger partial charge in [-0.3, -0.25) is 9.52 Å². The molecule has 0 aliphatic rings. The van der Waals surface area contributed by atoms with Gasteiger partial charge in [-0.25, -0.2) is 8.42 Å². The summed E-state index contributed by atoms with van der Waals surface area (Å²) in [5, 5.41) is 7.37. The van der Waals surface area contributed by atoms with E-state index in [1.807, 2.05) is 13.8 Å². The molecule has 7 nitrogen and oxygen atoms in total. The maximum absolute atomic E-state index is 12.9. The van der Waals surface area contributed by atoms with E-state index in [9.17, 15) is 13.2 Å². The van der Waals surface area contributed by atoms with Crippen LogP contribution in [0.1, 0.15) is 29.7 Å². The number of carbonyl (C=O) groups excluding carboxylic acids is 1. The third kappa shape index (κ3) is 5.82. The van der Waals surface area contributed by atoms with Crippen molar-refractivity contribution in [3.8, 4) is 0 Å².